The van der Waals surface area contributed by atoms with Gasteiger partial charge in [0.1, 0.15) is 13.2 Å². The van der Waals surface area contributed by atoms with Gasteiger partial charge < -0.3 is 18.9 Å². The van der Waals surface area contributed by atoms with E-state index in [-0.39, 0.29) is 5.41 Å². The quantitative estimate of drug-likeness (QED) is 0.237. The standard InChI is InChI=1S/C27H48O4S/c1-6-11-13-22(8-3)15-28-18-27(19-29-16-23(9-4)14-12-7-2)20-30-24-17-32-25(10-5)26(24)31-21-27/h17,22-23H,6-16,18-21H2,1-5H3. The lowest BCUT2D eigenvalue weighted by Crippen LogP contribution is -2.43. The first-order valence-corrected chi connectivity index (χ1v) is 14.0. The first-order chi connectivity index (χ1) is 15.6. The van der Waals surface area contributed by atoms with Crippen molar-refractivity contribution in [2.45, 2.75) is 92.4 Å². The maximum Gasteiger partial charge on any atom is 0.175 e. The average Bonchev–Trinajstić information content (AvgIpc) is 3.13. The van der Waals surface area contributed by atoms with Gasteiger partial charge in [-0.15, -0.1) is 11.3 Å². The zero-order valence-corrected chi connectivity index (χ0v) is 22.2. The molecule has 0 saturated carbocycles. The topological polar surface area (TPSA) is 36.9 Å². The Balaban J connectivity index is 1.99. The van der Waals surface area contributed by atoms with Crippen LogP contribution in [0.5, 0.6) is 11.5 Å². The van der Waals surface area contributed by atoms with Crippen LogP contribution in [0.15, 0.2) is 5.38 Å². The lowest BCUT2D eigenvalue weighted by Gasteiger charge is -2.32. The summed E-state index contributed by atoms with van der Waals surface area (Å²) in [7, 11) is 0. The van der Waals surface area contributed by atoms with Crippen molar-refractivity contribution in [2.75, 3.05) is 39.6 Å². The molecule has 186 valence electrons. The number of rotatable bonds is 17. The van der Waals surface area contributed by atoms with E-state index in [9.17, 15) is 0 Å². The zero-order chi connectivity index (χ0) is 23.2. The molecular weight excluding hydrogens is 420 g/mol. The molecule has 0 bridgehead atoms. The third kappa shape index (κ3) is 8.53. The van der Waals surface area contributed by atoms with Crippen LogP contribution in [-0.2, 0) is 15.9 Å². The van der Waals surface area contributed by atoms with Crippen LogP contribution in [0.2, 0.25) is 0 Å². The molecule has 0 spiro atoms. The minimum Gasteiger partial charge on any atom is -0.488 e. The van der Waals surface area contributed by atoms with E-state index in [1.54, 1.807) is 11.3 Å². The molecule has 0 amide bonds. The number of aryl methyl sites for hydroxylation is 1. The maximum absolute atomic E-state index is 6.35. The minimum atomic E-state index is -0.270. The van der Waals surface area contributed by atoms with Crippen LogP contribution in [0.3, 0.4) is 0 Å². The lowest BCUT2D eigenvalue weighted by atomic mass is 9.91. The fraction of sp³-hybridized carbons (Fsp3) is 0.852. The van der Waals surface area contributed by atoms with Gasteiger partial charge >= 0.3 is 0 Å². The summed E-state index contributed by atoms with van der Waals surface area (Å²) < 4.78 is 25.3. The van der Waals surface area contributed by atoms with Gasteiger partial charge in [0.2, 0.25) is 0 Å². The Bertz CT molecular complexity index is 593. The minimum absolute atomic E-state index is 0.270. The second kappa shape index (κ2) is 15.2. The largest absolute Gasteiger partial charge is 0.488 e. The van der Waals surface area contributed by atoms with E-state index in [2.05, 4.69) is 40.0 Å². The predicted molar refractivity (Wildman–Crippen MR) is 135 cm³/mol. The molecule has 5 heteroatoms. The fourth-order valence-corrected chi connectivity index (χ4v) is 5.11. The molecule has 1 aliphatic rings. The van der Waals surface area contributed by atoms with E-state index in [0.29, 0.717) is 38.3 Å². The second-order valence-corrected chi connectivity index (χ2v) is 10.6. The van der Waals surface area contributed by atoms with Crippen LogP contribution in [-0.4, -0.2) is 39.6 Å². The van der Waals surface area contributed by atoms with Crippen molar-refractivity contribution < 1.29 is 18.9 Å². The van der Waals surface area contributed by atoms with E-state index in [1.807, 2.05) is 0 Å². The molecule has 0 N–H and O–H groups in total. The van der Waals surface area contributed by atoms with Crippen LogP contribution >= 0.6 is 11.3 Å². The summed E-state index contributed by atoms with van der Waals surface area (Å²) in [5.74, 6) is 3.08. The van der Waals surface area contributed by atoms with Gasteiger partial charge in [0.05, 0.1) is 23.5 Å². The van der Waals surface area contributed by atoms with Crippen molar-refractivity contribution in [1.29, 1.82) is 0 Å². The van der Waals surface area contributed by atoms with Gasteiger partial charge in [-0.1, -0.05) is 73.1 Å². The summed E-state index contributed by atoms with van der Waals surface area (Å²) in [5, 5.41) is 2.09. The summed E-state index contributed by atoms with van der Waals surface area (Å²) in [4.78, 5) is 1.26. The van der Waals surface area contributed by atoms with Crippen molar-refractivity contribution in [1.82, 2.24) is 0 Å². The van der Waals surface area contributed by atoms with E-state index >= 15 is 0 Å². The number of hydrogen-bond acceptors (Lipinski definition) is 5. The average molecular weight is 469 g/mol. The third-order valence-corrected chi connectivity index (χ3v) is 7.86. The van der Waals surface area contributed by atoms with Gasteiger partial charge in [-0.25, -0.2) is 0 Å². The van der Waals surface area contributed by atoms with Crippen LogP contribution in [0.4, 0.5) is 0 Å². The number of unbranched alkanes of at least 4 members (excludes halogenated alkanes) is 2. The van der Waals surface area contributed by atoms with Crippen molar-refractivity contribution in [3.05, 3.63) is 10.3 Å². The lowest BCUT2D eigenvalue weighted by molar-refractivity contribution is -0.0715. The van der Waals surface area contributed by atoms with E-state index in [4.69, 9.17) is 18.9 Å². The van der Waals surface area contributed by atoms with Crippen LogP contribution < -0.4 is 9.47 Å². The van der Waals surface area contributed by atoms with Gasteiger partial charge in [0, 0.05) is 18.6 Å². The predicted octanol–water partition coefficient (Wildman–Crippen LogP) is 7.53. The van der Waals surface area contributed by atoms with Crippen LogP contribution in [0.25, 0.3) is 0 Å². The smallest absolute Gasteiger partial charge is 0.175 e. The first-order valence-electron chi connectivity index (χ1n) is 13.1. The number of fused-ring (bicyclic) bond motifs is 1. The molecule has 2 unspecified atom stereocenters. The van der Waals surface area contributed by atoms with Crippen molar-refractivity contribution in [3.63, 3.8) is 0 Å². The van der Waals surface area contributed by atoms with Crippen molar-refractivity contribution >= 4 is 11.3 Å². The highest BCUT2D eigenvalue weighted by molar-refractivity contribution is 7.10. The Hall–Kier alpha value is -0.780. The molecule has 2 rings (SSSR count). The molecule has 0 radical (unpaired) electrons. The Labute approximate surface area is 201 Å². The Morgan fingerprint density at radius 3 is 1.94 bits per heavy atom. The highest BCUT2D eigenvalue weighted by Crippen LogP contribution is 2.41. The maximum atomic E-state index is 6.35. The molecule has 1 aliphatic heterocycles. The van der Waals surface area contributed by atoms with Crippen molar-refractivity contribution in [2.24, 2.45) is 17.3 Å². The van der Waals surface area contributed by atoms with E-state index < -0.39 is 0 Å². The highest BCUT2D eigenvalue weighted by Gasteiger charge is 2.37. The molecule has 32 heavy (non-hydrogen) atoms. The highest BCUT2D eigenvalue weighted by atomic mass is 32.1. The van der Waals surface area contributed by atoms with Gasteiger partial charge in [-0.2, -0.15) is 0 Å². The SMILES string of the molecule is CCCCC(CC)COCC1(COCC(CC)CCCC)COc2csc(CC)c2OC1. The number of hydrogen-bond donors (Lipinski definition) is 0. The van der Waals surface area contributed by atoms with Crippen molar-refractivity contribution in [3.8, 4) is 11.5 Å². The fourth-order valence-electron chi connectivity index (χ4n) is 4.25. The van der Waals surface area contributed by atoms with E-state index in [1.165, 1.54) is 56.2 Å². The second-order valence-electron chi connectivity index (χ2n) is 9.65. The molecule has 2 atom stereocenters. The molecule has 4 nitrogen and oxygen atoms in total. The van der Waals surface area contributed by atoms with Crippen LogP contribution in [0, 0.1) is 17.3 Å². The normalized spacial score (nSPS) is 20.2. The van der Waals surface area contributed by atoms with Gasteiger partial charge in [-0.05, 0) is 31.1 Å². The molecule has 0 fully saturated rings. The number of ether oxygens (including phenoxy) is 4. The Kier molecular flexibility index (Phi) is 13.0. The summed E-state index contributed by atoms with van der Waals surface area (Å²) >= 11 is 1.73. The third-order valence-electron chi connectivity index (χ3n) is 6.77. The van der Waals surface area contributed by atoms with Gasteiger partial charge in [-0.3, -0.25) is 0 Å². The van der Waals surface area contributed by atoms with E-state index in [0.717, 1.165) is 31.1 Å². The number of thiophene rings is 1. The molecule has 0 saturated heterocycles. The monoisotopic (exact) mass is 468 g/mol. The molecule has 2 heterocycles. The molecule has 0 aliphatic carbocycles. The Morgan fingerprint density at radius 1 is 0.875 bits per heavy atom. The Morgan fingerprint density at radius 2 is 1.44 bits per heavy atom. The molecule has 0 aromatic carbocycles. The molecular formula is C27H48O4S. The molecule has 1 aromatic heterocycles. The summed E-state index contributed by atoms with van der Waals surface area (Å²) in [6, 6.07) is 0. The van der Waals surface area contributed by atoms with Gasteiger partial charge in [0.25, 0.3) is 0 Å². The van der Waals surface area contributed by atoms with Crippen LogP contribution in [0.1, 0.15) is 90.9 Å². The van der Waals surface area contributed by atoms with Gasteiger partial charge in [0.15, 0.2) is 11.5 Å². The summed E-state index contributed by atoms with van der Waals surface area (Å²) in [5.41, 5.74) is -0.270. The zero-order valence-electron chi connectivity index (χ0n) is 21.4. The molecule has 1 aromatic rings. The summed E-state index contributed by atoms with van der Waals surface area (Å²) in [6.07, 6.45) is 10.8. The summed E-state index contributed by atoms with van der Waals surface area (Å²) in [6.45, 7) is 15.3. The first kappa shape index (κ1) is 27.5.